The molecule has 0 aliphatic rings. The molecular formula is C17H24N2. The Hall–Kier alpha value is -1.54. The van der Waals surface area contributed by atoms with Crippen molar-refractivity contribution in [3.05, 3.63) is 58.9 Å². The monoisotopic (exact) mass is 256 g/mol. The molecule has 2 nitrogen and oxygen atoms in total. The number of hydrogen-bond acceptors (Lipinski definition) is 1. The van der Waals surface area contributed by atoms with E-state index in [0.717, 1.165) is 13.1 Å². The van der Waals surface area contributed by atoms with E-state index in [9.17, 15) is 0 Å². The molecule has 1 aromatic carbocycles. The van der Waals surface area contributed by atoms with E-state index in [4.69, 9.17) is 0 Å². The van der Waals surface area contributed by atoms with Crippen molar-refractivity contribution < 1.29 is 0 Å². The van der Waals surface area contributed by atoms with E-state index in [0.29, 0.717) is 6.04 Å². The lowest BCUT2D eigenvalue weighted by atomic mass is 10.1. The molecule has 19 heavy (non-hydrogen) atoms. The molecule has 2 heteroatoms. The Kier molecular flexibility index (Phi) is 4.43. The maximum atomic E-state index is 3.41. The molecule has 2 rings (SSSR count). The van der Waals surface area contributed by atoms with Crippen LogP contribution in [0.5, 0.6) is 0 Å². The van der Waals surface area contributed by atoms with Crippen molar-refractivity contribution in [3.8, 4) is 0 Å². The highest BCUT2D eigenvalue weighted by Gasteiger charge is 2.14. The van der Waals surface area contributed by atoms with Crippen LogP contribution < -0.4 is 5.32 Å². The maximum Gasteiger partial charge on any atom is 0.0556 e. The topological polar surface area (TPSA) is 17.0 Å². The summed E-state index contributed by atoms with van der Waals surface area (Å²) >= 11 is 0. The van der Waals surface area contributed by atoms with Crippen molar-refractivity contribution in [1.82, 2.24) is 9.88 Å². The molecule has 1 heterocycles. The van der Waals surface area contributed by atoms with Crippen molar-refractivity contribution in [2.45, 2.75) is 40.3 Å². The van der Waals surface area contributed by atoms with Crippen LogP contribution in [0.4, 0.5) is 0 Å². The first kappa shape index (κ1) is 13.9. The van der Waals surface area contributed by atoms with Crippen LogP contribution in [-0.2, 0) is 6.54 Å². The van der Waals surface area contributed by atoms with Crippen LogP contribution in [0, 0.1) is 13.8 Å². The highest BCUT2D eigenvalue weighted by molar-refractivity contribution is 5.30. The van der Waals surface area contributed by atoms with Gasteiger partial charge in [0.15, 0.2) is 0 Å². The number of benzene rings is 1. The molecule has 102 valence electrons. The predicted octanol–water partition coefficient (Wildman–Crippen LogP) is 3.82. The largest absolute Gasteiger partial charge is 0.342 e. The van der Waals surface area contributed by atoms with Crippen molar-refractivity contribution in [3.63, 3.8) is 0 Å². The van der Waals surface area contributed by atoms with Crippen molar-refractivity contribution in [2.24, 2.45) is 0 Å². The maximum absolute atomic E-state index is 3.41. The summed E-state index contributed by atoms with van der Waals surface area (Å²) in [6.07, 6.45) is 0. The minimum absolute atomic E-state index is 0.386. The zero-order chi connectivity index (χ0) is 13.8. The van der Waals surface area contributed by atoms with Crippen LogP contribution in [0.1, 0.15) is 42.4 Å². The number of nitrogens with one attached hydrogen (secondary N) is 1. The van der Waals surface area contributed by atoms with Gasteiger partial charge in [-0.2, -0.15) is 0 Å². The van der Waals surface area contributed by atoms with E-state index in [2.05, 4.69) is 74.0 Å². The summed E-state index contributed by atoms with van der Waals surface area (Å²) < 4.78 is 2.43. The number of aromatic nitrogens is 1. The zero-order valence-corrected chi connectivity index (χ0v) is 12.4. The summed E-state index contributed by atoms with van der Waals surface area (Å²) in [7, 11) is 0. The average molecular weight is 256 g/mol. The SMILES string of the molecule is CCNCc1cc(C)n([C@H](C)c2ccccc2)c1C. The molecule has 0 saturated carbocycles. The molecule has 1 aromatic heterocycles. The number of aryl methyl sites for hydroxylation is 1. The standard InChI is InChI=1S/C17H24N2/c1-5-18-12-17-11-13(2)19(15(17)4)14(3)16-9-7-6-8-10-16/h6-11,14,18H,5,12H2,1-4H3/t14-/m1/s1. The van der Waals surface area contributed by atoms with Gasteiger partial charge in [0.2, 0.25) is 0 Å². The highest BCUT2D eigenvalue weighted by Crippen LogP contribution is 2.25. The van der Waals surface area contributed by atoms with Gasteiger partial charge < -0.3 is 9.88 Å². The minimum Gasteiger partial charge on any atom is -0.342 e. The van der Waals surface area contributed by atoms with Gasteiger partial charge in [-0.05, 0) is 44.5 Å². The number of rotatable bonds is 5. The first-order valence-electron chi connectivity index (χ1n) is 7.08. The van der Waals surface area contributed by atoms with Crippen molar-refractivity contribution in [1.29, 1.82) is 0 Å². The molecule has 0 unspecified atom stereocenters. The van der Waals surface area contributed by atoms with Gasteiger partial charge in [-0.15, -0.1) is 0 Å². The molecule has 0 aliphatic heterocycles. The van der Waals surface area contributed by atoms with Crippen molar-refractivity contribution >= 4 is 0 Å². The summed E-state index contributed by atoms with van der Waals surface area (Å²) in [5, 5.41) is 3.41. The van der Waals surface area contributed by atoms with Crippen LogP contribution in [0.15, 0.2) is 36.4 Å². The Labute approximate surface area is 116 Å². The molecule has 0 amide bonds. The van der Waals surface area contributed by atoms with Gasteiger partial charge >= 0.3 is 0 Å². The Morgan fingerprint density at radius 3 is 2.47 bits per heavy atom. The molecule has 1 atom stereocenters. The van der Waals surface area contributed by atoms with E-state index in [1.54, 1.807) is 0 Å². The summed E-state index contributed by atoms with van der Waals surface area (Å²) in [6.45, 7) is 10.8. The second-order valence-corrected chi connectivity index (χ2v) is 5.13. The van der Waals surface area contributed by atoms with Gasteiger partial charge in [-0.1, -0.05) is 37.3 Å². The normalized spacial score (nSPS) is 12.6. The van der Waals surface area contributed by atoms with E-state index in [1.165, 1.54) is 22.5 Å². The number of hydrogen-bond donors (Lipinski definition) is 1. The quantitative estimate of drug-likeness (QED) is 0.860. The van der Waals surface area contributed by atoms with Crippen LogP contribution in [-0.4, -0.2) is 11.1 Å². The molecule has 0 saturated heterocycles. The lowest BCUT2D eigenvalue weighted by Gasteiger charge is -2.19. The molecule has 0 bridgehead atoms. The Morgan fingerprint density at radius 2 is 1.84 bits per heavy atom. The highest BCUT2D eigenvalue weighted by atomic mass is 15.0. The fraction of sp³-hybridized carbons (Fsp3) is 0.412. The van der Waals surface area contributed by atoms with Crippen LogP contribution in [0.2, 0.25) is 0 Å². The van der Waals surface area contributed by atoms with E-state index >= 15 is 0 Å². The number of nitrogens with zero attached hydrogens (tertiary/aromatic N) is 1. The second kappa shape index (κ2) is 6.07. The van der Waals surface area contributed by atoms with Crippen LogP contribution in [0.25, 0.3) is 0 Å². The van der Waals surface area contributed by atoms with Gasteiger partial charge in [-0.3, -0.25) is 0 Å². The summed E-state index contributed by atoms with van der Waals surface area (Å²) in [4.78, 5) is 0. The lowest BCUT2D eigenvalue weighted by Crippen LogP contribution is -2.14. The Bertz CT molecular complexity index is 526. The molecule has 1 N–H and O–H groups in total. The molecule has 0 radical (unpaired) electrons. The summed E-state index contributed by atoms with van der Waals surface area (Å²) in [5.41, 5.74) is 5.47. The van der Waals surface area contributed by atoms with E-state index < -0.39 is 0 Å². The third kappa shape index (κ3) is 2.90. The van der Waals surface area contributed by atoms with Crippen molar-refractivity contribution in [2.75, 3.05) is 6.54 Å². The summed E-state index contributed by atoms with van der Waals surface area (Å²) in [6, 6.07) is 13.4. The minimum atomic E-state index is 0.386. The van der Waals surface area contributed by atoms with Crippen LogP contribution >= 0.6 is 0 Å². The van der Waals surface area contributed by atoms with Gasteiger partial charge in [0.1, 0.15) is 0 Å². The Morgan fingerprint density at radius 1 is 1.16 bits per heavy atom. The third-order valence-electron chi connectivity index (χ3n) is 3.82. The van der Waals surface area contributed by atoms with Gasteiger partial charge in [0, 0.05) is 17.9 Å². The fourth-order valence-corrected chi connectivity index (χ4v) is 2.76. The molecule has 0 aliphatic carbocycles. The fourth-order valence-electron chi connectivity index (χ4n) is 2.76. The third-order valence-corrected chi connectivity index (χ3v) is 3.82. The van der Waals surface area contributed by atoms with Crippen LogP contribution in [0.3, 0.4) is 0 Å². The first-order chi connectivity index (χ1) is 9.15. The predicted molar refractivity (Wildman–Crippen MR) is 81.5 cm³/mol. The lowest BCUT2D eigenvalue weighted by molar-refractivity contribution is 0.605. The van der Waals surface area contributed by atoms with Gasteiger partial charge in [0.05, 0.1) is 6.04 Å². The zero-order valence-electron chi connectivity index (χ0n) is 12.4. The molecule has 0 spiro atoms. The average Bonchev–Trinajstić information content (AvgIpc) is 2.71. The van der Waals surface area contributed by atoms with Gasteiger partial charge in [-0.25, -0.2) is 0 Å². The van der Waals surface area contributed by atoms with E-state index in [-0.39, 0.29) is 0 Å². The smallest absolute Gasteiger partial charge is 0.0556 e. The van der Waals surface area contributed by atoms with Gasteiger partial charge in [0.25, 0.3) is 0 Å². The molecular weight excluding hydrogens is 232 g/mol. The second-order valence-electron chi connectivity index (χ2n) is 5.13. The summed E-state index contributed by atoms with van der Waals surface area (Å²) in [5.74, 6) is 0. The molecule has 2 aromatic rings. The Balaban J connectivity index is 2.32. The first-order valence-corrected chi connectivity index (χ1v) is 7.08. The molecule has 0 fully saturated rings. The van der Waals surface area contributed by atoms with E-state index in [1.807, 2.05) is 0 Å².